The van der Waals surface area contributed by atoms with Gasteiger partial charge in [-0.1, -0.05) is 18.2 Å². The third kappa shape index (κ3) is 2.67. The fraction of sp³-hybridized carbons (Fsp3) is 0.0588. The van der Waals surface area contributed by atoms with Gasteiger partial charge in [0.1, 0.15) is 6.07 Å². The van der Waals surface area contributed by atoms with Gasteiger partial charge in [-0.3, -0.25) is 4.98 Å². The molecule has 3 aromatic rings. The van der Waals surface area contributed by atoms with Crippen molar-refractivity contribution in [3.05, 3.63) is 71.8 Å². The van der Waals surface area contributed by atoms with Gasteiger partial charge in [0.05, 0.1) is 11.3 Å². The van der Waals surface area contributed by atoms with E-state index in [0.717, 1.165) is 16.3 Å². The molecule has 3 rings (SSSR count). The zero-order valence-electron chi connectivity index (χ0n) is 11.2. The number of anilines is 1. The Balaban J connectivity index is 1.82. The summed E-state index contributed by atoms with van der Waals surface area (Å²) in [6, 6.07) is 14.5. The van der Waals surface area contributed by atoms with Crippen LogP contribution in [-0.4, -0.2) is 4.98 Å². The number of halogens is 1. The number of nitrogens with zero attached hydrogens (tertiary/aromatic N) is 2. The minimum Gasteiger partial charge on any atom is -0.379 e. The monoisotopic (exact) mass is 277 g/mol. The van der Waals surface area contributed by atoms with E-state index in [-0.39, 0.29) is 5.56 Å². The molecule has 0 saturated carbocycles. The Bertz CT molecular complexity index is 837. The van der Waals surface area contributed by atoms with E-state index in [1.54, 1.807) is 18.3 Å². The van der Waals surface area contributed by atoms with Gasteiger partial charge in [0, 0.05) is 24.3 Å². The van der Waals surface area contributed by atoms with Gasteiger partial charge in [-0.2, -0.15) is 5.26 Å². The summed E-state index contributed by atoms with van der Waals surface area (Å²) >= 11 is 0. The van der Waals surface area contributed by atoms with Gasteiger partial charge in [0.2, 0.25) is 0 Å². The number of fused-ring (bicyclic) bond motifs is 1. The molecule has 0 amide bonds. The highest BCUT2D eigenvalue weighted by molar-refractivity contribution is 5.82. The Kier molecular flexibility index (Phi) is 3.48. The number of pyridine rings is 1. The summed E-state index contributed by atoms with van der Waals surface area (Å²) in [6.45, 7) is 0.490. The van der Waals surface area contributed by atoms with Crippen molar-refractivity contribution >= 4 is 16.5 Å². The number of nitriles is 1. The van der Waals surface area contributed by atoms with E-state index in [1.165, 1.54) is 6.07 Å². The summed E-state index contributed by atoms with van der Waals surface area (Å²) in [4.78, 5) is 4.07. The molecule has 0 radical (unpaired) electrons. The third-order valence-electron chi connectivity index (χ3n) is 3.31. The lowest BCUT2D eigenvalue weighted by molar-refractivity contribution is 0.626. The lowest BCUT2D eigenvalue weighted by atomic mass is 10.1. The highest BCUT2D eigenvalue weighted by atomic mass is 19.1. The Morgan fingerprint density at radius 1 is 1.14 bits per heavy atom. The average Bonchev–Trinajstić information content (AvgIpc) is 2.54. The van der Waals surface area contributed by atoms with Gasteiger partial charge in [0.25, 0.3) is 0 Å². The summed E-state index contributed by atoms with van der Waals surface area (Å²) < 4.78 is 13.9. The minimum absolute atomic E-state index is 0.0459. The summed E-state index contributed by atoms with van der Waals surface area (Å²) in [6.07, 6.45) is 3.55. The fourth-order valence-electron chi connectivity index (χ4n) is 2.19. The van der Waals surface area contributed by atoms with Crippen LogP contribution < -0.4 is 5.32 Å². The first-order chi connectivity index (χ1) is 10.3. The Labute approximate surface area is 121 Å². The van der Waals surface area contributed by atoms with Gasteiger partial charge in [-0.05, 0) is 35.2 Å². The maximum absolute atomic E-state index is 13.9. The highest BCUT2D eigenvalue weighted by Gasteiger charge is 2.07. The lowest BCUT2D eigenvalue weighted by Gasteiger charge is -2.09. The predicted molar refractivity (Wildman–Crippen MR) is 80.2 cm³/mol. The van der Waals surface area contributed by atoms with Crippen molar-refractivity contribution in [1.82, 2.24) is 4.98 Å². The smallest absolute Gasteiger partial charge is 0.164 e. The van der Waals surface area contributed by atoms with Crippen LogP contribution in [0.3, 0.4) is 0 Å². The van der Waals surface area contributed by atoms with Gasteiger partial charge in [-0.15, -0.1) is 0 Å². The second kappa shape index (κ2) is 5.59. The SMILES string of the molecule is N#Cc1cccc(NCc2ccc3cnccc3c2)c1F. The van der Waals surface area contributed by atoms with Crippen LogP contribution in [0.25, 0.3) is 10.8 Å². The van der Waals surface area contributed by atoms with Crippen LogP contribution in [0.15, 0.2) is 54.9 Å². The minimum atomic E-state index is -0.509. The number of benzene rings is 2. The molecule has 0 aliphatic rings. The van der Waals surface area contributed by atoms with E-state index in [1.807, 2.05) is 36.5 Å². The van der Waals surface area contributed by atoms with Crippen LogP contribution in [0.4, 0.5) is 10.1 Å². The van der Waals surface area contributed by atoms with Crippen LogP contribution in [-0.2, 0) is 6.54 Å². The van der Waals surface area contributed by atoms with Crippen molar-refractivity contribution in [3.63, 3.8) is 0 Å². The third-order valence-corrected chi connectivity index (χ3v) is 3.31. The van der Waals surface area contributed by atoms with E-state index in [2.05, 4.69) is 10.3 Å². The molecule has 0 bridgehead atoms. The molecule has 0 atom stereocenters. The van der Waals surface area contributed by atoms with Crippen LogP contribution in [0.2, 0.25) is 0 Å². The molecular formula is C17H12FN3. The standard InChI is InChI=1S/C17H12FN3/c18-17-14(9-19)2-1-3-16(17)21-10-12-4-5-15-11-20-7-6-13(15)8-12/h1-8,11,21H,10H2. The highest BCUT2D eigenvalue weighted by Crippen LogP contribution is 2.19. The molecule has 1 N–H and O–H groups in total. The number of aromatic nitrogens is 1. The molecule has 0 aliphatic carbocycles. The van der Waals surface area contributed by atoms with Gasteiger partial charge in [-0.25, -0.2) is 4.39 Å². The van der Waals surface area contributed by atoms with Crippen LogP contribution in [0.5, 0.6) is 0 Å². The molecular weight excluding hydrogens is 265 g/mol. The largest absolute Gasteiger partial charge is 0.379 e. The molecule has 0 fully saturated rings. The van der Waals surface area contributed by atoms with Gasteiger partial charge < -0.3 is 5.32 Å². The van der Waals surface area contributed by atoms with Crippen molar-refractivity contribution in [2.75, 3.05) is 5.32 Å². The van der Waals surface area contributed by atoms with Crippen molar-refractivity contribution in [2.45, 2.75) is 6.54 Å². The van der Waals surface area contributed by atoms with E-state index in [4.69, 9.17) is 5.26 Å². The first-order valence-electron chi connectivity index (χ1n) is 6.53. The summed E-state index contributed by atoms with van der Waals surface area (Å²) in [5.41, 5.74) is 1.42. The van der Waals surface area contributed by atoms with Crippen LogP contribution >= 0.6 is 0 Å². The second-order valence-electron chi connectivity index (χ2n) is 4.69. The number of hydrogen-bond acceptors (Lipinski definition) is 3. The van der Waals surface area contributed by atoms with Crippen molar-refractivity contribution in [2.24, 2.45) is 0 Å². The maximum Gasteiger partial charge on any atom is 0.164 e. The van der Waals surface area contributed by atoms with E-state index in [9.17, 15) is 4.39 Å². The maximum atomic E-state index is 13.9. The normalized spacial score (nSPS) is 10.3. The quantitative estimate of drug-likeness (QED) is 0.791. The van der Waals surface area contributed by atoms with E-state index < -0.39 is 5.82 Å². The number of rotatable bonds is 3. The molecule has 0 aliphatic heterocycles. The summed E-state index contributed by atoms with van der Waals surface area (Å²) in [5.74, 6) is -0.509. The zero-order chi connectivity index (χ0) is 14.7. The predicted octanol–water partition coefficient (Wildman–Crippen LogP) is 3.86. The summed E-state index contributed by atoms with van der Waals surface area (Å²) in [7, 11) is 0. The number of hydrogen-bond donors (Lipinski definition) is 1. The Morgan fingerprint density at radius 2 is 2.05 bits per heavy atom. The molecule has 0 unspecified atom stereocenters. The topological polar surface area (TPSA) is 48.7 Å². The Hall–Kier alpha value is -2.93. The molecule has 0 saturated heterocycles. The molecule has 3 nitrogen and oxygen atoms in total. The van der Waals surface area contributed by atoms with Crippen molar-refractivity contribution in [1.29, 1.82) is 5.26 Å². The molecule has 1 heterocycles. The van der Waals surface area contributed by atoms with Gasteiger partial charge in [0.15, 0.2) is 5.82 Å². The lowest BCUT2D eigenvalue weighted by Crippen LogP contribution is -2.02. The van der Waals surface area contributed by atoms with Crippen molar-refractivity contribution in [3.8, 4) is 6.07 Å². The van der Waals surface area contributed by atoms with Crippen LogP contribution in [0.1, 0.15) is 11.1 Å². The second-order valence-corrected chi connectivity index (χ2v) is 4.69. The fourth-order valence-corrected chi connectivity index (χ4v) is 2.19. The summed E-state index contributed by atoms with van der Waals surface area (Å²) in [5, 5.41) is 14.0. The van der Waals surface area contributed by atoms with Gasteiger partial charge >= 0.3 is 0 Å². The van der Waals surface area contributed by atoms with E-state index in [0.29, 0.717) is 12.2 Å². The molecule has 1 aromatic heterocycles. The average molecular weight is 277 g/mol. The van der Waals surface area contributed by atoms with Crippen LogP contribution in [0, 0.1) is 17.1 Å². The number of nitrogens with one attached hydrogen (secondary N) is 1. The van der Waals surface area contributed by atoms with Crippen molar-refractivity contribution < 1.29 is 4.39 Å². The molecule has 2 aromatic carbocycles. The molecule has 4 heteroatoms. The zero-order valence-corrected chi connectivity index (χ0v) is 11.2. The van der Waals surface area contributed by atoms with E-state index >= 15 is 0 Å². The molecule has 102 valence electrons. The first-order valence-corrected chi connectivity index (χ1v) is 6.53. The first kappa shape index (κ1) is 13.1. The molecule has 21 heavy (non-hydrogen) atoms. The molecule has 0 spiro atoms. The Morgan fingerprint density at radius 3 is 2.90 bits per heavy atom.